The number of fused-ring (bicyclic) bond motifs is 2. The maximum absolute atomic E-state index is 10.2. The van der Waals surface area contributed by atoms with Crippen LogP contribution in [0.2, 0.25) is 0 Å². The molecule has 4 heteroatoms. The molecule has 0 aliphatic heterocycles. The summed E-state index contributed by atoms with van der Waals surface area (Å²) in [6, 6.07) is 23.3. The van der Waals surface area contributed by atoms with Crippen LogP contribution in [0.3, 0.4) is 0 Å². The summed E-state index contributed by atoms with van der Waals surface area (Å²) in [7, 11) is 3.97. The van der Waals surface area contributed by atoms with Crippen molar-refractivity contribution >= 4 is 17.1 Å². The molecule has 4 aromatic rings. The van der Waals surface area contributed by atoms with E-state index in [9.17, 15) is 5.26 Å². The minimum absolute atomic E-state index is 0.629. The van der Waals surface area contributed by atoms with Crippen molar-refractivity contribution in [2.75, 3.05) is 14.1 Å². The molecule has 31 heavy (non-hydrogen) atoms. The normalized spacial score (nSPS) is 12.9. The number of nitrogens with zero attached hydrogens (tertiary/aromatic N) is 4. The Morgan fingerprint density at radius 3 is 2.39 bits per heavy atom. The van der Waals surface area contributed by atoms with E-state index >= 15 is 0 Å². The third-order valence-electron chi connectivity index (χ3n) is 5.88. The zero-order valence-electron chi connectivity index (χ0n) is 17.8. The summed E-state index contributed by atoms with van der Waals surface area (Å²) in [4.78, 5) is 7.04. The predicted molar refractivity (Wildman–Crippen MR) is 126 cm³/mol. The Morgan fingerprint density at radius 1 is 1.00 bits per heavy atom. The van der Waals surface area contributed by atoms with Crippen LogP contribution in [0, 0.1) is 11.3 Å². The van der Waals surface area contributed by atoms with Crippen molar-refractivity contribution < 1.29 is 0 Å². The van der Waals surface area contributed by atoms with Gasteiger partial charge in [-0.05, 0) is 48.6 Å². The molecule has 5 rings (SSSR count). The second kappa shape index (κ2) is 7.77. The minimum Gasteiger partial charge on any atom is -0.383 e. The highest BCUT2D eigenvalue weighted by Crippen LogP contribution is 2.41. The van der Waals surface area contributed by atoms with Crippen LogP contribution in [0.5, 0.6) is 0 Å². The molecule has 0 radical (unpaired) electrons. The van der Waals surface area contributed by atoms with E-state index < -0.39 is 0 Å². The van der Waals surface area contributed by atoms with Crippen molar-refractivity contribution in [3.05, 3.63) is 89.4 Å². The summed E-state index contributed by atoms with van der Waals surface area (Å²) in [5.41, 5.74) is 9.19. The summed E-state index contributed by atoms with van der Waals surface area (Å²) in [6.07, 6.45) is 7.11. The number of para-hydroxylation sites is 1. The molecule has 1 aliphatic rings. The third kappa shape index (κ3) is 3.19. The first kappa shape index (κ1) is 19.1. The van der Waals surface area contributed by atoms with Crippen molar-refractivity contribution in [2.24, 2.45) is 0 Å². The lowest BCUT2D eigenvalue weighted by molar-refractivity contribution is 0.567. The molecule has 0 N–H and O–H groups in total. The van der Waals surface area contributed by atoms with Crippen molar-refractivity contribution in [3.63, 3.8) is 0 Å². The van der Waals surface area contributed by atoms with E-state index in [0.29, 0.717) is 5.56 Å². The lowest BCUT2D eigenvalue weighted by Crippen LogP contribution is -2.03. The highest BCUT2D eigenvalue weighted by molar-refractivity contribution is 6.01. The average molecular weight is 405 g/mol. The van der Waals surface area contributed by atoms with Gasteiger partial charge in [-0.15, -0.1) is 0 Å². The van der Waals surface area contributed by atoms with Crippen LogP contribution in [-0.2, 0) is 12.8 Å². The molecular formula is C27H24N4. The number of benzene rings is 2. The number of hydrogen-bond donors (Lipinski definition) is 0. The zero-order chi connectivity index (χ0) is 21.4. The van der Waals surface area contributed by atoms with Gasteiger partial charge in [-0.25, -0.2) is 4.98 Å². The van der Waals surface area contributed by atoms with Gasteiger partial charge >= 0.3 is 0 Å². The molecule has 0 unspecified atom stereocenters. The monoisotopic (exact) mass is 404 g/mol. The van der Waals surface area contributed by atoms with Crippen LogP contribution in [0.15, 0.2) is 66.9 Å². The van der Waals surface area contributed by atoms with E-state index in [1.54, 1.807) is 0 Å². The molecule has 0 amide bonds. The molecule has 0 bridgehead atoms. The summed E-state index contributed by atoms with van der Waals surface area (Å²) in [6.45, 7) is 0. The maximum atomic E-state index is 10.2. The van der Waals surface area contributed by atoms with Crippen LogP contribution < -0.4 is 0 Å². The topological polar surface area (TPSA) is 44.9 Å². The Morgan fingerprint density at radius 2 is 1.71 bits per heavy atom. The van der Waals surface area contributed by atoms with Gasteiger partial charge in [0.15, 0.2) is 0 Å². The van der Waals surface area contributed by atoms with Crippen molar-refractivity contribution in [3.8, 4) is 22.9 Å². The lowest BCUT2D eigenvalue weighted by Gasteiger charge is -2.15. The molecule has 152 valence electrons. The highest BCUT2D eigenvalue weighted by atomic mass is 15.0. The summed E-state index contributed by atoms with van der Waals surface area (Å²) in [5.74, 6) is 0. The van der Waals surface area contributed by atoms with Gasteiger partial charge < -0.3 is 9.47 Å². The SMILES string of the molecule is CN(C)C=Cc1c(C#N)c2nc3c(c(-c4ccccc4)c2n1-c1ccccc1)CCC3. The largest absolute Gasteiger partial charge is 0.383 e. The molecule has 1 aliphatic carbocycles. The standard InChI is InChI=1S/C27H24N4/c1-30(2)17-16-24-22(18-28)26-27(31(24)20-12-7-4-8-13-20)25(19-10-5-3-6-11-19)21-14-9-15-23(21)29-26/h3-8,10-13,16-17H,9,14-15H2,1-2H3. The van der Waals surface area contributed by atoms with E-state index in [1.165, 1.54) is 16.7 Å². The van der Waals surface area contributed by atoms with Crippen LogP contribution in [-0.4, -0.2) is 28.5 Å². The molecule has 4 nitrogen and oxygen atoms in total. The Labute approximate surface area is 182 Å². The fraction of sp³-hybridized carbons (Fsp3) is 0.185. The first-order valence-electron chi connectivity index (χ1n) is 10.6. The fourth-order valence-electron chi connectivity index (χ4n) is 4.56. The van der Waals surface area contributed by atoms with Gasteiger partial charge in [-0.2, -0.15) is 5.26 Å². The Hall–Kier alpha value is -3.84. The average Bonchev–Trinajstić information content (AvgIpc) is 3.39. The zero-order valence-corrected chi connectivity index (χ0v) is 17.8. The number of aromatic nitrogens is 2. The van der Waals surface area contributed by atoms with Crippen molar-refractivity contribution in [2.45, 2.75) is 19.3 Å². The molecule has 2 aromatic heterocycles. The summed E-state index contributed by atoms with van der Waals surface area (Å²) < 4.78 is 2.21. The van der Waals surface area contributed by atoms with E-state index in [4.69, 9.17) is 4.98 Å². The number of nitriles is 1. The van der Waals surface area contributed by atoms with Gasteiger partial charge in [0.05, 0.1) is 11.2 Å². The van der Waals surface area contributed by atoms with E-state index in [1.807, 2.05) is 55.5 Å². The molecule has 0 atom stereocenters. The van der Waals surface area contributed by atoms with Crippen LogP contribution in [0.1, 0.15) is 28.9 Å². The molecule has 2 heterocycles. The molecule has 2 aromatic carbocycles. The van der Waals surface area contributed by atoms with E-state index in [-0.39, 0.29) is 0 Å². The van der Waals surface area contributed by atoms with Gasteiger partial charge in [0.25, 0.3) is 0 Å². The third-order valence-corrected chi connectivity index (χ3v) is 5.88. The fourth-order valence-corrected chi connectivity index (χ4v) is 4.56. The summed E-state index contributed by atoms with van der Waals surface area (Å²) in [5, 5.41) is 10.2. The highest BCUT2D eigenvalue weighted by Gasteiger charge is 2.27. The molecule has 0 saturated heterocycles. The number of aryl methyl sites for hydroxylation is 1. The van der Waals surface area contributed by atoms with E-state index in [0.717, 1.165) is 47.4 Å². The Kier molecular flexibility index (Phi) is 4.80. The smallest absolute Gasteiger partial charge is 0.108 e. The van der Waals surface area contributed by atoms with Gasteiger partial charge in [0.2, 0.25) is 0 Å². The maximum Gasteiger partial charge on any atom is 0.108 e. The first-order chi connectivity index (χ1) is 15.2. The Balaban J connectivity index is 1.98. The van der Waals surface area contributed by atoms with Crippen molar-refractivity contribution in [1.29, 1.82) is 5.26 Å². The minimum atomic E-state index is 0.629. The molecule has 0 saturated carbocycles. The second-order valence-electron chi connectivity index (χ2n) is 8.15. The second-order valence-corrected chi connectivity index (χ2v) is 8.15. The van der Waals surface area contributed by atoms with Gasteiger partial charge in [-0.3, -0.25) is 0 Å². The van der Waals surface area contributed by atoms with Crippen LogP contribution in [0.25, 0.3) is 33.9 Å². The van der Waals surface area contributed by atoms with Crippen LogP contribution >= 0.6 is 0 Å². The molecule has 0 fully saturated rings. The van der Waals surface area contributed by atoms with Crippen molar-refractivity contribution in [1.82, 2.24) is 14.5 Å². The van der Waals surface area contributed by atoms with Gasteiger partial charge in [-0.1, -0.05) is 48.5 Å². The quantitative estimate of drug-likeness (QED) is 0.446. The predicted octanol–water partition coefficient (Wildman–Crippen LogP) is 5.59. The van der Waals surface area contributed by atoms with Gasteiger partial charge in [0.1, 0.15) is 17.1 Å². The van der Waals surface area contributed by atoms with Gasteiger partial charge in [0, 0.05) is 37.2 Å². The van der Waals surface area contributed by atoms with Crippen LogP contribution in [0.4, 0.5) is 0 Å². The van der Waals surface area contributed by atoms with E-state index in [2.05, 4.69) is 47.0 Å². The Bertz CT molecular complexity index is 1320. The molecular weight excluding hydrogens is 380 g/mol. The summed E-state index contributed by atoms with van der Waals surface area (Å²) >= 11 is 0. The first-order valence-corrected chi connectivity index (χ1v) is 10.6. The molecule has 0 spiro atoms. The lowest BCUT2D eigenvalue weighted by atomic mass is 9.97. The number of pyridine rings is 1. The number of hydrogen-bond acceptors (Lipinski definition) is 3. The number of rotatable bonds is 4.